The molecule has 7 aromatic carbocycles. The Morgan fingerprint density at radius 3 is 0.407 bits per heavy atom. The van der Waals surface area contributed by atoms with E-state index in [1.165, 1.54) is 66.8 Å². The van der Waals surface area contributed by atoms with Crippen LogP contribution in [0.3, 0.4) is 0 Å². The van der Waals surface area contributed by atoms with Crippen LogP contribution < -0.4 is 0 Å². The highest BCUT2D eigenvalue weighted by Crippen LogP contribution is 2.36. The molecule has 7 aromatic rings. The van der Waals surface area contributed by atoms with Crippen LogP contribution in [0, 0.1) is 0 Å². The average Bonchev–Trinajstić information content (AvgIpc) is 1.44. The van der Waals surface area contributed by atoms with Crippen molar-refractivity contribution in [3.63, 3.8) is 0 Å². The molecule has 0 aliphatic carbocycles. The second-order valence-electron chi connectivity index (χ2n) is 32.9. The molecule has 0 saturated heterocycles. The first-order valence-corrected chi connectivity index (χ1v) is 31.7. The highest BCUT2D eigenvalue weighted by Gasteiger charge is 2.24. The van der Waals surface area contributed by atoms with Gasteiger partial charge in [-0.05, 0) is 197 Å². The Balaban J connectivity index is 1.27. The van der Waals surface area contributed by atoms with Crippen molar-refractivity contribution in [2.24, 2.45) is 0 Å². The van der Waals surface area contributed by atoms with E-state index in [2.05, 4.69) is 373 Å². The Morgan fingerprint density at radius 1 is 0.151 bits per heavy atom. The molecule has 0 aromatic heterocycles. The molecule has 0 unspecified atom stereocenters. The Hall–Kier alpha value is -7.02. The second kappa shape index (κ2) is 25.4. The molecular formula is C86H106. The van der Waals surface area contributed by atoms with Crippen LogP contribution in [0.4, 0.5) is 0 Å². The standard InChI is InChI=1S/C86H106/c1-79(2,3)71-47-67(48-72(55-71)80(4,5)6)36-32-63-41-61(42-64(45-63)33-37-68-49-73(81(7,8)9)56-74(50-68)82(10,11)12)30-28-59-26-25-27-60(40-59)29-31-62-43-65(34-38-69-51-75(83(13,14)15)57-76(52-69)84(16,17)18)46-66(44-62)35-39-70-53-77(85(19,20)21)58-78(54-70)86(22,23)24/h25-58H,1-24H3. The van der Waals surface area contributed by atoms with Crippen LogP contribution >= 0.6 is 0 Å². The van der Waals surface area contributed by atoms with Crippen molar-refractivity contribution in [2.75, 3.05) is 0 Å². The third kappa shape index (κ3) is 19.0. The van der Waals surface area contributed by atoms with E-state index in [1.807, 2.05) is 0 Å². The molecule has 0 aliphatic heterocycles. The van der Waals surface area contributed by atoms with Gasteiger partial charge in [-0.25, -0.2) is 0 Å². The van der Waals surface area contributed by atoms with Crippen molar-refractivity contribution in [3.8, 4) is 0 Å². The maximum atomic E-state index is 2.40. The minimum Gasteiger partial charge on any atom is -0.0611 e. The van der Waals surface area contributed by atoms with Crippen LogP contribution in [-0.2, 0) is 43.3 Å². The van der Waals surface area contributed by atoms with E-state index in [0.717, 1.165) is 44.5 Å². The van der Waals surface area contributed by atoms with Gasteiger partial charge >= 0.3 is 0 Å². The van der Waals surface area contributed by atoms with Gasteiger partial charge in [0.25, 0.3) is 0 Å². The summed E-state index contributed by atoms with van der Waals surface area (Å²) in [6.45, 7) is 55.4. The summed E-state index contributed by atoms with van der Waals surface area (Å²) in [7, 11) is 0. The number of rotatable bonds is 12. The SMILES string of the molecule is CC(C)(C)c1cc(C=Cc2cc(C=Cc3cccc(C=Cc4cc(C=Cc5cc(C(C)(C)C)cc(C(C)(C)C)c5)cc(C=Cc5cc(C(C)(C)C)cc(C(C)(C)C)c5)c4)c3)cc(C=Cc3cc(C(C)(C)C)cc(C(C)(C)C)c3)c2)cc(C(C)(C)C)c1. The van der Waals surface area contributed by atoms with Crippen LogP contribution in [0.25, 0.3) is 72.9 Å². The van der Waals surface area contributed by atoms with E-state index < -0.39 is 0 Å². The van der Waals surface area contributed by atoms with Gasteiger partial charge in [0.15, 0.2) is 0 Å². The third-order valence-corrected chi connectivity index (χ3v) is 16.5. The van der Waals surface area contributed by atoms with Crippen molar-refractivity contribution >= 4 is 72.9 Å². The van der Waals surface area contributed by atoms with Gasteiger partial charge in [0.05, 0.1) is 0 Å². The van der Waals surface area contributed by atoms with Gasteiger partial charge in [-0.2, -0.15) is 0 Å². The van der Waals surface area contributed by atoms with Gasteiger partial charge in [0, 0.05) is 0 Å². The number of hydrogen-bond donors (Lipinski definition) is 0. The number of benzene rings is 7. The molecule has 0 radical (unpaired) electrons. The molecule has 0 heteroatoms. The third-order valence-electron chi connectivity index (χ3n) is 16.5. The molecule has 86 heavy (non-hydrogen) atoms. The lowest BCUT2D eigenvalue weighted by Crippen LogP contribution is -2.16. The Bertz CT molecular complexity index is 3150. The summed E-state index contributed by atoms with van der Waals surface area (Å²) >= 11 is 0. The minimum absolute atomic E-state index is 0.0365. The summed E-state index contributed by atoms with van der Waals surface area (Å²) in [5.74, 6) is 0. The molecule has 0 aliphatic rings. The fourth-order valence-corrected chi connectivity index (χ4v) is 10.4. The zero-order chi connectivity index (χ0) is 63.6. The molecule has 7 rings (SSSR count). The number of hydrogen-bond acceptors (Lipinski definition) is 0. The van der Waals surface area contributed by atoms with Gasteiger partial charge in [-0.15, -0.1) is 0 Å². The lowest BCUT2D eigenvalue weighted by Gasteiger charge is -2.25. The monoisotopic (exact) mass is 1140 g/mol. The van der Waals surface area contributed by atoms with Gasteiger partial charge in [0.2, 0.25) is 0 Å². The first-order valence-electron chi connectivity index (χ1n) is 31.7. The van der Waals surface area contributed by atoms with Gasteiger partial charge < -0.3 is 0 Å². The van der Waals surface area contributed by atoms with Gasteiger partial charge in [-0.3, -0.25) is 0 Å². The van der Waals surface area contributed by atoms with E-state index in [4.69, 9.17) is 0 Å². The van der Waals surface area contributed by atoms with Crippen LogP contribution in [0.2, 0.25) is 0 Å². The van der Waals surface area contributed by atoms with Gasteiger partial charge in [0.1, 0.15) is 0 Å². The van der Waals surface area contributed by atoms with E-state index in [0.29, 0.717) is 0 Å². The summed E-state index contributed by atoms with van der Waals surface area (Å²) in [6.07, 6.45) is 27.4. The highest BCUT2D eigenvalue weighted by molar-refractivity contribution is 5.82. The topological polar surface area (TPSA) is 0 Å². The van der Waals surface area contributed by atoms with Gasteiger partial charge in [-0.1, -0.05) is 330 Å². The van der Waals surface area contributed by atoms with E-state index in [-0.39, 0.29) is 43.3 Å². The summed E-state index contributed by atoms with van der Waals surface area (Å²) in [5.41, 5.74) is 25.3. The van der Waals surface area contributed by atoms with Crippen LogP contribution in [0.15, 0.2) is 133 Å². The molecule has 0 heterocycles. The smallest absolute Gasteiger partial charge is 0.0132 e. The zero-order valence-corrected chi connectivity index (χ0v) is 57.6. The maximum absolute atomic E-state index is 2.40. The molecule has 0 spiro atoms. The summed E-state index contributed by atoms with van der Waals surface area (Å²) in [4.78, 5) is 0. The maximum Gasteiger partial charge on any atom is -0.0132 e. The molecule has 0 N–H and O–H groups in total. The Morgan fingerprint density at radius 2 is 0.267 bits per heavy atom. The largest absolute Gasteiger partial charge is 0.0611 e. The summed E-state index contributed by atoms with van der Waals surface area (Å²) in [5, 5.41) is 0. The lowest BCUT2D eigenvalue weighted by atomic mass is 9.79. The van der Waals surface area contributed by atoms with Crippen molar-refractivity contribution in [3.05, 3.63) is 245 Å². The van der Waals surface area contributed by atoms with E-state index in [9.17, 15) is 0 Å². The van der Waals surface area contributed by atoms with Crippen LogP contribution in [0.5, 0.6) is 0 Å². The quantitative estimate of drug-likeness (QED) is 0.107. The average molecular weight is 1140 g/mol. The van der Waals surface area contributed by atoms with Crippen molar-refractivity contribution in [2.45, 2.75) is 209 Å². The predicted octanol–water partition coefficient (Wildman–Crippen LogP) is 25.1. The van der Waals surface area contributed by atoms with E-state index in [1.54, 1.807) is 0 Å². The molecule has 450 valence electrons. The summed E-state index contributed by atoms with van der Waals surface area (Å²) in [6, 6.07) is 51.3. The Kier molecular flexibility index (Phi) is 19.6. The first kappa shape index (κ1) is 66.5. The van der Waals surface area contributed by atoms with Crippen LogP contribution in [-0.4, -0.2) is 0 Å². The second-order valence-corrected chi connectivity index (χ2v) is 32.9. The fraction of sp³-hybridized carbons (Fsp3) is 0.372. The lowest BCUT2D eigenvalue weighted by molar-refractivity contribution is 0.568. The molecule has 0 fully saturated rings. The van der Waals surface area contributed by atoms with Crippen LogP contribution in [0.1, 0.15) is 277 Å². The molecule has 0 bridgehead atoms. The highest BCUT2D eigenvalue weighted by atomic mass is 14.3. The molecule has 0 atom stereocenters. The molecule has 0 nitrogen and oxygen atoms in total. The van der Waals surface area contributed by atoms with Crippen molar-refractivity contribution in [1.82, 2.24) is 0 Å². The zero-order valence-electron chi connectivity index (χ0n) is 57.6. The van der Waals surface area contributed by atoms with Crippen molar-refractivity contribution < 1.29 is 0 Å². The summed E-state index contributed by atoms with van der Waals surface area (Å²) < 4.78 is 0. The van der Waals surface area contributed by atoms with E-state index >= 15 is 0 Å². The normalized spacial score (nSPS) is 13.8. The molecular weight excluding hydrogens is 1030 g/mol. The fourth-order valence-electron chi connectivity index (χ4n) is 10.4. The predicted molar refractivity (Wildman–Crippen MR) is 388 cm³/mol. The van der Waals surface area contributed by atoms with Crippen molar-refractivity contribution in [1.29, 1.82) is 0 Å². The Labute approximate surface area is 524 Å². The molecule has 0 saturated carbocycles. The molecule has 0 amide bonds. The minimum atomic E-state index is 0.0365. The first-order chi connectivity index (χ1) is 39.5.